The highest BCUT2D eigenvalue weighted by molar-refractivity contribution is 6.68. The minimum Gasteiger partial charge on any atom is -0.488 e. The maximum Gasteiger partial charge on any atom is 0.256 e. The summed E-state index contributed by atoms with van der Waals surface area (Å²) in [6.07, 6.45) is 0. The molecule has 2 aromatic rings. The molecule has 0 aliphatic carbocycles. The van der Waals surface area contributed by atoms with Gasteiger partial charge in [0.25, 0.3) is 10.5 Å². The molecule has 0 unspecified atom stereocenters. The van der Waals surface area contributed by atoms with E-state index in [2.05, 4.69) is 6.58 Å². The Labute approximate surface area is 149 Å². The summed E-state index contributed by atoms with van der Waals surface area (Å²) < 4.78 is 11.1. The summed E-state index contributed by atoms with van der Waals surface area (Å²) in [5.74, 6) is 0.741. The monoisotopic (exact) mass is 364 g/mol. The minimum absolute atomic E-state index is 0.137. The van der Waals surface area contributed by atoms with Gasteiger partial charge in [-0.1, -0.05) is 30.8 Å². The summed E-state index contributed by atoms with van der Waals surface area (Å²) in [5.41, 5.74) is 1.18. The van der Waals surface area contributed by atoms with Crippen LogP contribution in [0.1, 0.15) is 20.7 Å². The molecule has 2 aromatic carbocycles. The lowest BCUT2D eigenvalue weighted by atomic mass is 10.2. The van der Waals surface area contributed by atoms with Crippen molar-refractivity contribution in [3.63, 3.8) is 0 Å². The van der Waals surface area contributed by atoms with Crippen molar-refractivity contribution >= 4 is 33.7 Å². The number of carbonyl (C=O) groups excluding carboxylic acids is 2. The van der Waals surface area contributed by atoms with E-state index in [0.717, 1.165) is 0 Å². The van der Waals surface area contributed by atoms with Crippen LogP contribution in [0, 0.1) is 0 Å². The van der Waals surface area contributed by atoms with Crippen molar-refractivity contribution in [1.82, 2.24) is 0 Å². The number of hydrogen-bond donors (Lipinski definition) is 0. The summed E-state index contributed by atoms with van der Waals surface area (Å²) in [4.78, 5) is 22.6. The lowest BCUT2D eigenvalue weighted by molar-refractivity contribution is 0.107. The highest BCUT2D eigenvalue weighted by Gasteiger charge is 2.11. The maximum absolute atomic E-state index is 11.3. The SMILES string of the molecule is C=C(COc1ccccc1C(=O)Cl)COc1ccccc1C(=O)Cl. The van der Waals surface area contributed by atoms with E-state index in [0.29, 0.717) is 17.1 Å². The Morgan fingerprint density at radius 1 is 0.792 bits per heavy atom. The van der Waals surface area contributed by atoms with Gasteiger partial charge in [-0.15, -0.1) is 0 Å². The van der Waals surface area contributed by atoms with Gasteiger partial charge in [0, 0.05) is 0 Å². The molecule has 0 fully saturated rings. The minimum atomic E-state index is -0.595. The Bertz CT molecular complexity index is 708. The second-order valence-electron chi connectivity index (χ2n) is 4.87. The molecule has 124 valence electrons. The van der Waals surface area contributed by atoms with E-state index in [-0.39, 0.29) is 24.3 Å². The van der Waals surface area contributed by atoms with Crippen LogP contribution in [0.15, 0.2) is 60.7 Å². The molecule has 0 aliphatic heterocycles. The van der Waals surface area contributed by atoms with Gasteiger partial charge in [0.05, 0.1) is 11.1 Å². The van der Waals surface area contributed by atoms with E-state index in [1.165, 1.54) is 0 Å². The standard InChI is InChI=1S/C18H14Cl2O4/c1-12(10-23-15-8-4-2-6-13(15)17(19)21)11-24-16-9-5-3-7-14(16)18(20)22/h2-9H,1,10-11H2. The van der Waals surface area contributed by atoms with Crippen molar-refractivity contribution in [2.45, 2.75) is 0 Å². The van der Waals surface area contributed by atoms with E-state index in [9.17, 15) is 9.59 Å². The van der Waals surface area contributed by atoms with Crippen LogP contribution in [0.2, 0.25) is 0 Å². The summed E-state index contributed by atoms with van der Waals surface area (Å²) >= 11 is 11.0. The molecule has 0 aliphatic rings. The van der Waals surface area contributed by atoms with Gasteiger partial charge in [-0.2, -0.15) is 0 Å². The number of ether oxygens (including phenoxy) is 2. The van der Waals surface area contributed by atoms with Gasteiger partial charge in [0.2, 0.25) is 0 Å². The molecular formula is C18H14Cl2O4. The van der Waals surface area contributed by atoms with Crippen molar-refractivity contribution in [3.05, 3.63) is 71.8 Å². The Balaban J connectivity index is 1.93. The van der Waals surface area contributed by atoms with Gasteiger partial charge in [-0.3, -0.25) is 9.59 Å². The highest BCUT2D eigenvalue weighted by Crippen LogP contribution is 2.22. The normalized spacial score (nSPS) is 10.1. The molecular weight excluding hydrogens is 351 g/mol. The number of para-hydroxylation sites is 2. The molecule has 0 bridgehead atoms. The summed E-state index contributed by atoms with van der Waals surface area (Å²) in [5, 5.41) is -1.19. The first-order valence-corrected chi connectivity index (χ1v) is 7.74. The summed E-state index contributed by atoms with van der Waals surface area (Å²) in [6, 6.07) is 13.3. The molecule has 0 atom stereocenters. The Kier molecular flexibility index (Phi) is 6.41. The van der Waals surface area contributed by atoms with E-state index in [1.54, 1.807) is 48.5 Å². The molecule has 0 N–H and O–H groups in total. The Morgan fingerprint density at radius 2 is 1.17 bits per heavy atom. The predicted molar refractivity (Wildman–Crippen MR) is 93.4 cm³/mol. The van der Waals surface area contributed by atoms with Crippen LogP contribution in [-0.4, -0.2) is 23.7 Å². The molecule has 24 heavy (non-hydrogen) atoms. The lowest BCUT2D eigenvalue weighted by Gasteiger charge is -2.13. The van der Waals surface area contributed by atoms with Crippen LogP contribution in [-0.2, 0) is 0 Å². The molecule has 0 saturated carbocycles. The van der Waals surface area contributed by atoms with E-state index < -0.39 is 10.5 Å². The Hall–Kier alpha value is -2.30. The fourth-order valence-corrected chi connectivity index (χ4v) is 2.22. The molecule has 6 heteroatoms. The third-order valence-corrected chi connectivity index (χ3v) is 3.47. The van der Waals surface area contributed by atoms with E-state index in [4.69, 9.17) is 32.7 Å². The molecule has 0 saturated heterocycles. The average Bonchev–Trinajstić information content (AvgIpc) is 2.58. The number of benzene rings is 2. The van der Waals surface area contributed by atoms with Gasteiger partial charge in [0.15, 0.2) is 0 Å². The first kappa shape index (κ1) is 18.0. The van der Waals surface area contributed by atoms with Gasteiger partial charge < -0.3 is 9.47 Å². The van der Waals surface area contributed by atoms with Crippen LogP contribution >= 0.6 is 23.2 Å². The largest absolute Gasteiger partial charge is 0.488 e. The number of halogens is 2. The smallest absolute Gasteiger partial charge is 0.256 e. The van der Waals surface area contributed by atoms with E-state index >= 15 is 0 Å². The van der Waals surface area contributed by atoms with Gasteiger partial charge in [0.1, 0.15) is 24.7 Å². The third kappa shape index (κ3) is 4.85. The van der Waals surface area contributed by atoms with Crippen molar-refractivity contribution in [2.24, 2.45) is 0 Å². The van der Waals surface area contributed by atoms with Crippen LogP contribution < -0.4 is 9.47 Å². The molecule has 4 nitrogen and oxygen atoms in total. The topological polar surface area (TPSA) is 52.6 Å². The van der Waals surface area contributed by atoms with Gasteiger partial charge in [-0.25, -0.2) is 0 Å². The molecule has 0 radical (unpaired) electrons. The lowest BCUT2D eigenvalue weighted by Crippen LogP contribution is -2.11. The zero-order chi connectivity index (χ0) is 17.5. The van der Waals surface area contributed by atoms with Crippen LogP contribution in [0.5, 0.6) is 11.5 Å². The van der Waals surface area contributed by atoms with Crippen molar-refractivity contribution < 1.29 is 19.1 Å². The molecule has 0 aromatic heterocycles. The van der Waals surface area contributed by atoms with Crippen molar-refractivity contribution in [3.8, 4) is 11.5 Å². The highest BCUT2D eigenvalue weighted by atomic mass is 35.5. The van der Waals surface area contributed by atoms with E-state index in [1.807, 2.05) is 0 Å². The molecule has 0 amide bonds. The predicted octanol–water partition coefficient (Wildman–Crippen LogP) is 4.46. The maximum atomic E-state index is 11.3. The second kappa shape index (κ2) is 8.52. The zero-order valence-electron chi connectivity index (χ0n) is 12.6. The quantitative estimate of drug-likeness (QED) is 0.512. The molecule has 0 spiro atoms. The number of carbonyl (C=O) groups is 2. The van der Waals surface area contributed by atoms with Gasteiger partial charge >= 0.3 is 0 Å². The van der Waals surface area contributed by atoms with Crippen LogP contribution in [0.3, 0.4) is 0 Å². The van der Waals surface area contributed by atoms with Crippen molar-refractivity contribution in [2.75, 3.05) is 13.2 Å². The number of hydrogen-bond acceptors (Lipinski definition) is 4. The third-order valence-electron chi connectivity index (χ3n) is 3.06. The fraction of sp³-hybridized carbons (Fsp3) is 0.111. The Morgan fingerprint density at radius 3 is 1.54 bits per heavy atom. The average molecular weight is 365 g/mol. The molecule has 2 rings (SSSR count). The van der Waals surface area contributed by atoms with Crippen LogP contribution in [0.4, 0.5) is 0 Å². The van der Waals surface area contributed by atoms with Crippen molar-refractivity contribution in [1.29, 1.82) is 0 Å². The fourth-order valence-electron chi connectivity index (χ4n) is 1.91. The van der Waals surface area contributed by atoms with Gasteiger partial charge in [-0.05, 0) is 53.0 Å². The molecule has 0 heterocycles. The number of rotatable bonds is 8. The van der Waals surface area contributed by atoms with Crippen LogP contribution in [0.25, 0.3) is 0 Å². The first-order chi connectivity index (χ1) is 11.5. The zero-order valence-corrected chi connectivity index (χ0v) is 14.1. The second-order valence-corrected chi connectivity index (χ2v) is 5.55. The summed E-state index contributed by atoms with van der Waals surface area (Å²) in [6.45, 7) is 4.12. The summed E-state index contributed by atoms with van der Waals surface area (Å²) in [7, 11) is 0. The first-order valence-electron chi connectivity index (χ1n) is 6.99.